The van der Waals surface area contributed by atoms with Gasteiger partial charge in [0.25, 0.3) is 0 Å². The Kier molecular flexibility index (Phi) is 4.40. The number of fused-ring (bicyclic) bond motifs is 1. The summed E-state index contributed by atoms with van der Waals surface area (Å²) < 4.78 is 13.1. The van der Waals surface area contributed by atoms with E-state index in [-0.39, 0.29) is 12.0 Å². The first-order chi connectivity index (χ1) is 13.2. The summed E-state index contributed by atoms with van der Waals surface area (Å²) in [7, 11) is 1.94. The molecule has 1 aromatic carbocycles. The Morgan fingerprint density at radius 1 is 1.32 bits per heavy atom. The minimum absolute atomic E-state index is 0.0870. The number of aromatic nitrogens is 3. The first kappa shape index (κ1) is 18.5. The van der Waals surface area contributed by atoms with E-state index in [1.54, 1.807) is 11.2 Å². The molecule has 7 heteroatoms. The van der Waals surface area contributed by atoms with Crippen LogP contribution in [-0.4, -0.2) is 44.4 Å². The number of carbonyl (C=O) groups is 1. The molecule has 1 aliphatic heterocycles. The minimum atomic E-state index is -0.492. The fourth-order valence-electron chi connectivity index (χ4n) is 3.66. The largest absolute Gasteiger partial charge is 0.448 e. The standard InChI is InChI=1S/C21H26N4O3/c1-13-16-7-6-14(10-18(16)24(5)23-13)17-12-27-19(22-17)15-8-9-25(11-15)20(26)28-21(2,3)4/h6-7,10,12,15H,8-9,11H2,1-5H3/t15-/m0/s1. The van der Waals surface area contributed by atoms with Crippen LogP contribution in [0, 0.1) is 6.92 Å². The molecule has 0 N–H and O–H groups in total. The number of hydrogen-bond acceptors (Lipinski definition) is 5. The molecule has 28 heavy (non-hydrogen) atoms. The average molecular weight is 382 g/mol. The van der Waals surface area contributed by atoms with Gasteiger partial charge in [-0.2, -0.15) is 5.10 Å². The first-order valence-electron chi connectivity index (χ1n) is 9.58. The molecule has 0 spiro atoms. The summed E-state index contributed by atoms with van der Waals surface area (Å²) >= 11 is 0. The third kappa shape index (κ3) is 3.48. The van der Waals surface area contributed by atoms with Crippen molar-refractivity contribution in [3.8, 4) is 11.3 Å². The van der Waals surface area contributed by atoms with Gasteiger partial charge in [-0.1, -0.05) is 12.1 Å². The molecule has 0 unspecified atom stereocenters. The second-order valence-electron chi connectivity index (χ2n) is 8.42. The van der Waals surface area contributed by atoms with E-state index >= 15 is 0 Å². The van der Waals surface area contributed by atoms with Crippen LogP contribution in [0.3, 0.4) is 0 Å². The van der Waals surface area contributed by atoms with E-state index in [1.165, 1.54) is 0 Å². The van der Waals surface area contributed by atoms with Crippen LogP contribution < -0.4 is 0 Å². The molecule has 0 bridgehead atoms. The van der Waals surface area contributed by atoms with Crippen LogP contribution in [-0.2, 0) is 11.8 Å². The highest BCUT2D eigenvalue weighted by Gasteiger charge is 2.33. The first-order valence-corrected chi connectivity index (χ1v) is 9.58. The molecule has 1 saturated heterocycles. The molecule has 7 nitrogen and oxygen atoms in total. The van der Waals surface area contributed by atoms with Gasteiger partial charge in [-0.05, 0) is 40.2 Å². The van der Waals surface area contributed by atoms with Crippen molar-refractivity contribution >= 4 is 17.0 Å². The number of likely N-dealkylation sites (tertiary alicyclic amines) is 1. The van der Waals surface area contributed by atoms with E-state index < -0.39 is 5.60 Å². The second kappa shape index (κ2) is 6.65. The zero-order valence-corrected chi connectivity index (χ0v) is 17.0. The van der Waals surface area contributed by atoms with Crippen molar-refractivity contribution in [2.75, 3.05) is 13.1 Å². The van der Waals surface area contributed by atoms with Gasteiger partial charge in [0.05, 0.1) is 17.1 Å². The normalized spacial score (nSPS) is 17.5. The maximum absolute atomic E-state index is 12.3. The maximum atomic E-state index is 12.3. The summed E-state index contributed by atoms with van der Waals surface area (Å²) in [4.78, 5) is 18.7. The van der Waals surface area contributed by atoms with Gasteiger partial charge in [-0.3, -0.25) is 4.68 Å². The molecule has 148 valence electrons. The molecule has 3 aromatic rings. The quantitative estimate of drug-likeness (QED) is 0.662. The van der Waals surface area contributed by atoms with Crippen molar-refractivity contribution in [2.45, 2.75) is 45.6 Å². The van der Waals surface area contributed by atoms with Crippen molar-refractivity contribution in [3.63, 3.8) is 0 Å². The van der Waals surface area contributed by atoms with Crippen molar-refractivity contribution in [3.05, 3.63) is 36.0 Å². The molecular formula is C21H26N4O3. The Balaban J connectivity index is 1.51. The van der Waals surface area contributed by atoms with Gasteiger partial charge in [0, 0.05) is 31.1 Å². The molecule has 1 amide bonds. The highest BCUT2D eigenvalue weighted by molar-refractivity contribution is 5.86. The lowest BCUT2D eigenvalue weighted by atomic mass is 10.1. The summed E-state index contributed by atoms with van der Waals surface area (Å²) in [5, 5.41) is 5.60. The van der Waals surface area contributed by atoms with Crippen molar-refractivity contribution in [1.29, 1.82) is 0 Å². The van der Waals surface area contributed by atoms with E-state index in [2.05, 4.69) is 17.2 Å². The Labute approximate surface area is 164 Å². The Hall–Kier alpha value is -2.83. The zero-order valence-electron chi connectivity index (χ0n) is 17.0. The van der Waals surface area contributed by atoms with Crippen LogP contribution in [0.15, 0.2) is 28.9 Å². The molecule has 0 radical (unpaired) electrons. The predicted octanol–water partition coefficient (Wildman–Crippen LogP) is 4.26. The van der Waals surface area contributed by atoms with Gasteiger partial charge in [-0.15, -0.1) is 0 Å². The molecule has 0 saturated carbocycles. The zero-order chi connectivity index (χ0) is 20.1. The summed E-state index contributed by atoms with van der Waals surface area (Å²) in [6, 6.07) is 6.19. The Morgan fingerprint density at radius 3 is 2.86 bits per heavy atom. The molecule has 1 aliphatic rings. The Morgan fingerprint density at radius 2 is 2.11 bits per heavy atom. The monoisotopic (exact) mass is 382 g/mol. The molecule has 4 rings (SSSR count). The molecule has 1 fully saturated rings. The lowest BCUT2D eigenvalue weighted by Crippen LogP contribution is -2.35. The highest BCUT2D eigenvalue weighted by Crippen LogP contribution is 2.31. The van der Waals surface area contributed by atoms with Crippen LogP contribution in [0.2, 0.25) is 0 Å². The Bertz CT molecular complexity index is 1030. The van der Waals surface area contributed by atoms with Crippen LogP contribution in [0.4, 0.5) is 4.79 Å². The number of carbonyl (C=O) groups excluding carboxylic acids is 1. The third-order valence-electron chi connectivity index (χ3n) is 5.04. The van der Waals surface area contributed by atoms with Crippen molar-refractivity contribution in [1.82, 2.24) is 19.7 Å². The second-order valence-corrected chi connectivity index (χ2v) is 8.42. The van der Waals surface area contributed by atoms with Gasteiger partial charge in [0.1, 0.15) is 17.6 Å². The fraction of sp³-hybridized carbons (Fsp3) is 0.476. The number of hydrogen-bond donors (Lipinski definition) is 0. The molecule has 2 aromatic heterocycles. The van der Waals surface area contributed by atoms with Crippen LogP contribution in [0.25, 0.3) is 22.2 Å². The van der Waals surface area contributed by atoms with Gasteiger partial charge in [0.15, 0.2) is 5.89 Å². The van der Waals surface area contributed by atoms with Crippen LogP contribution >= 0.6 is 0 Å². The number of ether oxygens (including phenoxy) is 1. The van der Waals surface area contributed by atoms with Gasteiger partial charge < -0.3 is 14.1 Å². The number of rotatable bonds is 2. The van der Waals surface area contributed by atoms with Crippen molar-refractivity contribution in [2.24, 2.45) is 7.05 Å². The van der Waals surface area contributed by atoms with Crippen molar-refractivity contribution < 1.29 is 13.9 Å². The predicted molar refractivity (Wildman–Crippen MR) is 106 cm³/mol. The number of aryl methyl sites for hydroxylation is 2. The molecule has 3 heterocycles. The van der Waals surface area contributed by atoms with Gasteiger partial charge >= 0.3 is 6.09 Å². The molecule has 0 aliphatic carbocycles. The topological polar surface area (TPSA) is 73.4 Å². The van der Waals surface area contributed by atoms with Gasteiger partial charge in [-0.25, -0.2) is 9.78 Å². The average Bonchev–Trinajstić information content (AvgIpc) is 3.33. The van der Waals surface area contributed by atoms with E-state index in [1.807, 2.05) is 45.5 Å². The lowest BCUT2D eigenvalue weighted by Gasteiger charge is -2.24. The van der Waals surface area contributed by atoms with Crippen LogP contribution in [0.1, 0.15) is 44.7 Å². The van der Waals surface area contributed by atoms with Gasteiger partial charge in [0.2, 0.25) is 0 Å². The van der Waals surface area contributed by atoms with E-state index in [0.29, 0.717) is 19.0 Å². The summed E-state index contributed by atoms with van der Waals surface area (Å²) in [5.74, 6) is 0.756. The maximum Gasteiger partial charge on any atom is 0.410 e. The number of benzene rings is 1. The van der Waals surface area contributed by atoms with Crippen LogP contribution in [0.5, 0.6) is 0 Å². The third-order valence-corrected chi connectivity index (χ3v) is 5.04. The SMILES string of the molecule is Cc1nn(C)c2cc(-c3coc([C@H]4CCN(C(=O)OC(C)(C)C)C4)n3)ccc12. The van der Waals surface area contributed by atoms with E-state index in [9.17, 15) is 4.79 Å². The fourth-order valence-corrected chi connectivity index (χ4v) is 3.66. The highest BCUT2D eigenvalue weighted by atomic mass is 16.6. The summed E-state index contributed by atoms with van der Waals surface area (Å²) in [5.41, 5.74) is 3.38. The minimum Gasteiger partial charge on any atom is -0.448 e. The molecule has 1 atom stereocenters. The number of nitrogens with zero attached hydrogens (tertiary/aromatic N) is 4. The molecular weight excluding hydrogens is 356 g/mol. The smallest absolute Gasteiger partial charge is 0.410 e. The number of oxazole rings is 1. The van der Waals surface area contributed by atoms with E-state index in [0.717, 1.165) is 34.3 Å². The summed E-state index contributed by atoms with van der Waals surface area (Å²) in [6.07, 6.45) is 2.23. The van der Waals surface area contributed by atoms with E-state index in [4.69, 9.17) is 14.1 Å². The lowest BCUT2D eigenvalue weighted by molar-refractivity contribution is 0.0291. The summed E-state index contributed by atoms with van der Waals surface area (Å²) in [6.45, 7) is 8.84. The number of amides is 1.